The second-order valence-electron chi connectivity index (χ2n) is 5.97. The summed E-state index contributed by atoms with van der Waals surface area (Å²) < 4.78 is 2.21. The smallest absolute Gasteiger partial charge is 0.335 e. The monoisotopic (exact) mass is 332 g/mol. The highest BCUT2D eigenvalue weighted by molar-refractivity contribution is 5.87. The van der Waals surface area contributed by atoms with Crippen LogP contribution in [0.5, 0.6) is 0 Å². The Bertz CT molecular complexity index is 907. The van der Waals surface area contributed by atoms with Crippen LogP contribution in [0, 0.1) is 13.8 Å². The van der Waals surface area contributed by atoms with E-state index in [4.69, 9.17) is 5.11 Å². The third kappa shape index (κ3) is 3.69. The van der Waals surface area contributed by atoms with Crippen molar-refractivity contribution >= 4 is 12.2 Å². The highest BCUT2D eigenvalue weighted by atomic mass is 16.4. The highest BCUT2D eigenvalue weighted by Crippen LogP contribution is 2.19. The maximum absolute atomic E-state index is 10.9. The van der Waals surface area contributed by atoms with Crippen molar-refractivity contribution < 1.29 is 9.90 Å². The molecule has 0 fully saturated rings. The number of aliphatic imine (C=N–C) groups is 1. The molecule has 1 heterocycles. The van der Waals surface area contributed by atoms with Gasteiger partial charge >= 0.3 is 5.97 Å². The molecular weight excluding hydrogens is 312 g/mol. The zero-order valence-corrected chi connectivity index (χ0v) is 14.3. The van der Waals surface area contributed by atoms with Gasteiger partial charge in [0.15, 0.2) is 0 Å². The van der Waals surface area contributed by atoms with E-state index in [-0.39, 0.29) is 0 Å². The van der Waals surface area contributed by atoms with Crippen LogP contribution in [0.2, 0.25) is 0 Å². The first-order valence-corrected chi connectivity index (χ1v) is 8.12. The summed E-state index contributed by atoms with van der Waals surface area (Å²) in [7, 11) is 0. The Kier molecular flexibility index (Phi) is 4.80. The van der Waals surface area contributed by atoms with Gasteiger partial charge in [0, 0.05) is 28.9 Å². The minimum absolute atomic E-state index is 0.291. The molecule has 126 valence electrons. The lowest BCUT2D eigenvalue weighted by atomic mass is 10.1. The topological polar surface area (TPSA) is 54.6 Å². The van der Waals surface area contributed by atoms with Gasteiger partial charge < -0.3 is 9.67 Å². The second-order valence-corrected chi connectivity index (χ2v) is 5.97. The number of nitrogens with zero attached hydrogens (tertiary/aromatic N) is 2. The van der Waals surface area contributed by atoms with Crippen molar-refractivity contribution in [2.45, 2.75) is 20.4 Å². The molecule has 25 heavy (non-hydrogen) atoms. The molecule has 2 aromatic carbocycles. The Labute approximate surface area is 147 Å². The molecule has 0 aliphatic heterocycles. The molecule has 0 saturated carbocycles. The van der Waals surface area contributed by atoms with Gasteiger partial charge in [-0.15, -0.1) is 0 Å². The molecule has 4 nitrogen and oxygen atoms in total. The van der Waals surface area contributed by atoms with Crippen LogP contribution in [0.4, 0.5) is 0 Å². The third-order valence-corrected chi connectivity index (χ3v) is 4.19. The Hall–Kier alpha value is -3.14. The number of benzene rings is 2. The van der Waals surface area contributed by atoms with Crippen LogP contribution in [-0.2, 0) is 6.54 Å². The molecule has 0 radical (unpaired) electrons. The average Bonchev–Trinajstić information content (AvgIpc) is 2.90. The molecule has 0 spiro atoms. The first-order valence-electron chi connectivity index (χ1n) is 8.12. The Morgan fingerprint density at radius 1 is 1.08 bits per heavy atom. The van der Waals surface area contributed by atoms with Gasteiger partial charge in [0.2, 0.25) is 0 Å². The van der Waals surface area contributed by atoms with Crippen molar-refractivity contribution in [1.29, 1.82) is 0 Å². The van der Waals surface area contributed by atoms with Gasteiger partial charge in [-0.1, -0.05) is 30.3 Å². The van der Waals surface area contributed by atoms with Gasteiger partial charge in [0.05, 0.1) is 12.1 Å². The van der Waals surface area contributed by atoms with Crippen molar-refractivity contribution in [3.8, 4) is 5.69 Å². The molecule has 0 atom stereocenters. The minimum atomic E-state index is -0.914. The quantitative estimate of drug-likeness (QED) is 0.704. The number of aromatic carboxylic acids is 1. The van der Waals surface area contributed by atoms with E-state index in [0.29, 0.717) is 12.1 Å². The molecule has 1 N–H and O–H groups in total. The maximum Gasteiger partial charge on any atom is 0.335 e. The van der Waals surface area contributed by atoms with E-state index in [1.54, 1.807) is 24.3 Å². The van der Waals surface area contributed by atoms with Gasteiger partial charge in [-0.05, 0) is 49.7 Å². The van der Waals surface area contributed by atoms with Crippen LogP contribution in [0.3, 0.4) is 0 Å². The molecule has 3 rings (SSSR count). The normalized spacial score (nSPS) is 11.1. The summed E-state index contributed by atoms with van der Waals surface area (Å²) in [6, 6.07) is 19.2. The molecule has 0 unspecified atom stereocenters. The van der Waals surface area contributed by atoms with Gasteiger partial charge in [-0.25, -0.2) is 4.79 Å². The molecule has 0 aliphatic rings. The van der Waals surface area contributed by atoms with Gasteiger partial charge in [-0.2, -0.15) is 0 Å². The zero-order chi connectivity index (χ0) is 17.8. The number of hydrogen-bond acceptors (Lipinski definition) is 2. The van der Waals surface area contributed by atoms with Crippen LogP contribution in [-0.4, -0.2) is 21.9 Å². The lowest BCUT2D eigenvalue weighted by Crippen LogP contribution is -1.99. The first-order chi connectivity index (χ1) is 12.1. The molecule has 0 aliphatic carbocycles. The lowest BCUT2D eigenvalue weighted by Gasteiger charge is -2.08. The fraction of sp³-hybridized carbons (Fsp3) is 0.143. The number of para-hydroxylation sites is 1. The fourth-order valence-corrected chi connectivity index (χ4v) is 2.89. The summed E-state index contributed by atoms with van der Waals surface area (Å²) in [6.07, 6.45) is 1.88. The van der Waals surface area contributed by atoms with Crippen LogP contribution < -0.4 is 0 Å². The maximum atomic E-state index is 10.9. The van der Waals surface area contributed by atoms with Crippen molar-refractivity contribution in [2.24, 2.45) is 4.99 Å². The molecule has 4 heteroatoms. The first kappa shape index (κ1) is 16.7. The lowest BCUT2D eigenvalue weighted by molar-refractivity contribution is 0.0697. The predicted octanol–water partition coefficient (Wildman–Crippen LogP) is 4.41. The number of hydrogen-bond donors (Lipinski definition) is 1. The van der Waals surface area contributed by atoms with E-state index in [0.717, 1.165) is 28.2 Å². The van der Waals surface area contributed by atoms with E-state index in [1.807, 2.05) is 24.4 Å². The fourth-order valence-electron chi connectivity index (χ4n) is 2.89. The number of rotatable bonds is 5. The largest absolute Gasteiger partial charge is 0.478 e. The Morgan fingerprint density at radius 3 is 2.40 bits per heavy atom. The summed E-state index contributed by atoms with van der Waals surface area (Å²) in [5.74, 6) is -0.914. The minimum Gasteiger partial charge on any atom is -0.478 e. The molecule has 0 saturated heterocycles. The van der Waals surface area contributed by atoms with Gasteiger partial charge in [0.1, 0.15) is 0 Å². The summed E-state index contributed by atoms with van der Waals surface area (Å²) in [5.41, 5.74) is 5.81. The number of carbonyl (C=O) groups is 1. The van der Waals surface area contributed by atoms with Crippen LogP contribution >= 0.6 is 0 Å². The van der Waals surface area contributed by atoms with Crippen LogP contribution in [0.1, 0.15) is 32.9 Å². The third-order valence-electron chi connectivity index (χ3n) is 4.19. The summed E-state index contributed by atoms with van der Waals surface area (Å²) in [6.45, 7) is 4.69. The molecule has 3 aromatic rings. The summed E-state index contributed by atoms with van der Waals surface area (Å²) >= 11 is 0. The summed E-state index contributed by atoms with van der Waals surface area (Å²) in [4.78, 5) is 15.4. The van der Waals surface area contributed by atoms with Crippen molar-refractivity contribution in [2.75, 3.05) is 0 Å². The molecular formula is C21H20N2O2. The molecule has 0 amide bonds. The van der Waals surface area contributed by atoms with E-state index >= 15 is 0 Å². The van der Waals surface area contributed by atoms with Gasteiger partial charge in [0.25, 0.3) is 0 Å². The number of carboxylic acid groups (broad SMARTS) is 1. The zero-order valence-electron chi connectivity index (χ0n) is 14.3. The summed E-state index contributed by atoms with van der Waals surface area (Å²) in [5, 5.41) is 8.92. The Morgan fingerprint density at radius 2 is 1.76 bits per heavy atom. The standard InChI is InChI=1S/C21H20N2O2/c1-15-12-19(16(2)23(15)20-6-4-3-5-7-20)14-22-13-17-8-10-18(11-9-17)21(24)25/h3-12,14H,13H2,1-2H3,(H,24,25). The number of aromatic nitrogens is 1. The van der Waals surface area contributed by atoms with Crippen molar-refractivity contribution in [3.05, 3.63) is 88.7 Å². The number of aryl methyl sites for hydroxylation is 1. The van der Waals surface area contributed by atoms with Crippen LogP contribution in [0.25, 0.3) is 5.69 Å². The molecule has 0 bridgehead atoms. The van der Waals surface area contributed by atoms with Gasteiger partial charge in [-0.3, -0.25) is 4.99 Å². The van der Waals surface area contributed by atoms with Crippen molar-refractivity contribution in [1.82, 2.24) is 4.57 Å². The van der Waals surface area contributed by atoms with Crippen molar-refractivity contribution in [3.63, 3.8) is 0 Å². The SMILES string of the molecule is Cc1cc(C=NCc2ccc(C(=O)O)cc2)c(C)n1-c1ccccc1. The highest BCUT2D eigenvalue weighted by Gasteiger charge is 2.08. The molecule has 1 aromatic heterocycles. The Balaban J connectivity index is 1.77. The van der Waals surface area contributed by atoms with E-state index < -0.39 is 5.97 Å². The predicted molar refractivity (Wildman–Crippen MR) is 99.9 cm³/mol. The number of carboxylic acids is 1. The van der Waals surface area contributed by atoms with E-state index in [2.05, 4.69) is 41.6 Å². The van der Waals surface area contributed by atoms with Crippen LogP contribution in [0.15, 0.2) is 65.7 Å². The van der Waals surface area contributed by atoms with E-state index in [1.165, 1.54) is 0 Å². The average molecular weight is 332 g/mol. The van der Waals surface area contributed by atoms with E-state index in [9.17, 15) is 4.79 Å². The second kappa shape index (κ2) is 7.18.